The fraction of sp³-hybridized carbons (Fsp3) is 0.647. The Bertz CT molecular complexity index is 446. The quantitative estimate of drug-likeness (QED) is 0.916. The second-order valence-electron chi connectivity index (χ2n) is 6.26. The molecule has 1 saturated heterocycles. The van der Waals surface area contributed by atoms with Gasteiger partial charge in [-0.15, -0.1) is 0 Å². The number of hydrogen-bond acceptors (Lipinski definition) is 2. The Morgan fingerprint density at radius 1 is 1.15 bits per heavy atom. The molecule has 0 spiro atoms. The Kier molecular flexibility index (Phi) is 4.37. The van der Waals surface area contributed by atoms with Gasteiger partial charge in [0.05, 0.1) is 6.04 Å². The zero-order valence-corrected chi connectivity index (χ0v) is 12.1. The van der Waals surface area contributed by atoms with Crippen molar-refractivity contribution >= 4 is 0 Å². The molecule has 1 aromatic rings. The maximum Gasteiger partial charge on any atom is 0.128 e. The second-order valence-corrected chi connectivity index (χ2v) is 6.26. The third-order valence-electron chi connectivity index (χ3n) is 5.17. The van der Waals surface area contributed by atoms with Crippen LogP contribution in [0.1, 0.15) is 50.1 Å². The van der Waals surface area contributed by atoms with Crippen LogP contribution in [-0.2, 0) is 0 Å². The third kappa shape index (κ3) is 2.61. The van der Waals surface area contributed by atoms with E-state index in [1.54, 1.807) is 12.1 Å². The van der Waals surface area contributed by atoms with E-state index in [2.05, 4.69) is 4.90 Å². The largest absolute Gasteiger partial charge is 0.329 e. The molecule has 110 valence electrons. The molecule has 3 rings (SSSR count). The lowest BCUT2D eigenvalue weighted by Gasteiger charge is -2.47. The summed E-state index contributed by atoms with van der Waals surface area (Å²) in [6.07, 6.45) is 7.85. The van der Waals surface area contributed by atoms with Crippen molar-refractivity contribution in [2.45, 2.75) is 50.6 Å². The van der Waals surface area contributed by atoms with Gasteiger partial charge in [0.1, 0.15) is 5.82 Å². The Morgan fingerprint density at radius 3 is 2.70 bits per heavy atom. The number of piperidine rings is 1. The summed E-state index contributed by atoms with van der Waals surface area (Å²) >= 11 is 0. The number of likely N-dealkylation sites (tertiary alicyclic amines) is 1. The predicted molar refractivity (Wildman–Crippen MR) is 79.9 cm³/mol. The van der Waals surface area contributed by atoms with Crippen molar-refractivity contribution in [2.24, 2.45) is 11.7 Å². The standard InChI is InChI=1S/C17H25FN2/c18-15-9-3-2-8-14(15)17(12-19)20-11-5-7-13-6-1-4-10-16(13)20/h2-3,8-9,13,16-17H,1,4-7,10-12,19H2/t13-,16-,17?/m1/s1. The molecule has 1 aliphatic heterocycles. The van der Waals surface area contributed by atoms with Crippen molar-refractivity contribution in [3.8, 4) is 0 Å². The van der Waals surface area contributed by atoms with E-state index in [1.807, 2.05) is 12.1 Å². The summed E-state index contributed by atoms with van der Waals surface area (Å²) in [5, 5.41) is 0. The normalized spacial score (nSPS) is 28.9. The van der Waals surface area contributed by atoms with E-state index in [0.717, 1.165) is 18.0 Å². The van der Waals surface area contributed by atoms with Crippen LogP contribution in [0.25, 0.3) is 0 Å². The molecule has 0 bridgehead atoms. The highest BCUT2D eigenvalue weighted by Gasteiger charge is 2.37. The molecule has 1 aromatic carbocycles. The molecule has 0 aromatic heterocycles. The molecule has 2 N–H and O–H groups in total. The van der Waals surface area contributed by atoms with Crippen LogP contribution in [-0.4, -0.2) is 24.0 Å². The van der Waals surface area contributed by atoms with E-state index in [9.17, 15) is 4.39 Å². The van der Waals surface area contributed by atoms with E-state index in [1.165, 1.54) is 38.5 Å². The maximum absolute atomic E-state index is 14.1. The van der Waals surface area contributed by atoms with Gasteiger partial charge in [-0.1, -0.05) is 31.0 Å². The van der Waals surface area contributed by atoms with Gasteiger partial charge in [0.15, 0.2) is 0 Å². The van der Waals surface area contributed by atoms with Crippen LogP contribution in [0.15, 0.2) is 24.3 Å². The zero-order chi connectivity index (χ0) is 13.9. The first-order chi connectivity index (χ1) is 9.81. The van der Waals surface area contributed by atoms with Crippen molar-refractivity contribution in [1.29, 1.82) is 0 Å². The molecular formula is C17H25FN2. The Labute approximate surface area is 121 Å². The monoisotopic (exact) mass is 276 g/mol. The summed E-state index contributed by atoms with van der Waals surface area (Å²) in [4.78, 5) is 2.51. The fourth-order valence-electron chi connectivity index (χ4n) is 4.24. The van der Waals surface area contributed by atoms with Gasteiger partial charge in [0, 0.05) is 18.2 Å². The minimum absolute atomic E-state index is 0.0436. The molecule has 2 fully saturated rings. The van der Waals surface area contributed by atoms with E-state index in [-0.39, 0.29) is 11.9 Å². The maximum atomic E-state index is 14.1. The summed E-state index contributed by atoms with van der Waals surface area (Å²) in [6, 6.07) is 7.79. The summed E-state index contributed by atoms with van der Waals surface area (Å²) in [7, 11) is 0. The van der Waals surface area contributed by atoms with Crippen molar-refractivity contribution in [3.63, 3.8) is 0 Å². The molecule has 3 heteroatoms. The van der Waals surface area contributed by atoms with Crippen LogP contribution >= 0.6 is 0 Å². The van der Waals surface area contributed by atoms with Crippen LogP contribution in [0.4, 0.5) is 4.39 Å². The molecule has 1 saturated carbocycles. The Hall–Kier alpha value is -0.930. The molecule has 1 unspecified atom stereocenters. The second kappa shape index (κ2) is 6.23. The minimum Gasteiger partial charge on any atom is -0.329 e. The number of benzene rings is 1. The molecule has 2 aliphatic rings. The lowest BCUT2D eigenvalue weighted by molar-refractivity contribution is 0.0265. The summed E-state index contributed by atoms with van der Waals surface area (Å²) in [5.41, 5.74) is 6.80. The van der Waals surface area contributed by atoms with Gasteiger partial charge in [-0.05, 0) is 44.2 Å². The van der Waals surface area contributed by atoms with Gasteiger partial charge in [0.25, 0.3) is 0 Å². The molecular weight excluding hydrogens is 251 g/mol. The lowest BCUT2D eigenvalue weighted by atomic mass is 9.77. The summed E-state index contributed by atoms with van der Waals surface area (Å²) in [6.45, 7) is 1.57. The van der Waals surface area contributed by atoms with Gasteiger partial charge in [-0.25, -0.2) is 4.39 Å². The highest BCUT2D eigenvalue weighted by Crippen LogP contribution is 2.39. The first-order valence-electron chi connectivity index (χ1n) is 8.01. The first kappa shape index (κ1) is 14.0. The van der Waals surface area contributed by atoms with Crippen LogP contribution in [0, 0.1) is 11.7 Å². The van der Waals surface area contributed by atoms with Crippen LogP contribution in [0.2, 0.25) is 0 Å². The number of nitrogens with zero attached hydrogens (tertiary/aromatic N) is 1. The molecule has 3 atom stereocenters. The average Bonchev–Trinajstić information content (AvgIpc) is 2.50. The van der Waals surface area contributed by atoms with Crippen molar-refractivity contribution in [2.75, 3.05) is 13.1 Å². The summed E-state index contributed by atoms with van der Waals surface area (Å²) in [5.74, 6) is 0.694. The molecule has 20 heavy (non-hydrogen) atoms. The van der Waals surface area contributed by atoms with E-state index in [0.29, 0.717) is 12.6 Å². The van der Waals surface area contributed by atoms with E-state index >= 15 is 0 Å². The van der Waals surface area contributed by atoms with Gasteiger partial charge in [-0.2, -0.15) is 0 Å². The van der Waals surface area contributed by atoms with E-state index < -0.39 is 0 Å². The van der Waals surface area contributed by atoms with Gasteiger partial charge < -0.3 is 5.73 Å². The van der Waals surface area contributed by atoms with Crippen LogP contribution < -0.4 is 5.73 Å². The Balaban J connectivity index is 1.86. The molecule has 1 heterocycles. The van der Waals surface area contributed by atoms with Crippen molar-refractivity contribution < 1.29 is 4.39 Å². The first-order valence-corrected chi connectivity index (χ1v) is 8.01. The van der Waals surface area contributed by atoms with Gasteiger partial charge in [0.2, 0.25) is 0 Å². The highest BCUT2D eigenvalue weighted by atomic mass is 19.1. The topological polar surface area (TPSA) is 29.3 Å². The van der Waals surface area contributed by atoms with Crippen molar-refractivity contribution in [1.82, 2.24) is 4.90 Å². The molecule has 0 amide bonds. The highest BCUT2D eigenvalue weighted by molar-refractivity contribution is 5.22. The number of rotatable bonds is 3. The SMILES string of the molecule is NCC(c1ccccc1F)N1CCC[C@H]2CCCC[C@H]21. The predicted octanol–water partition coefficient (Wildman–Crippen LogP) is 3.48. The van der Waals surface area contributed by atoms with E-state index in [4.69, 9.17) is 5.73 Å². The fourth-order valence-corrected chi connectivity index (χ4v) is 4.24. The molecule has 1 aliphatic carbocycles. The van der Waals surface area contributed by atoms with Crippen molar-refractivity contribution in [3.05, 3.63) is 35.6 Å². The molecule has 2 nitrogen and oxygen atoms in total. The number of hydrogen-bond donors (Lipinski definition) is 1. The van der Waals surface area contributed by atoms with Crippen LogP contribution in [0.3, 0.4) is 0 Å². The summed E-state index contributed by atoms with van der Waals surface area (Å²) < 4.78 is 14.1. The number of halogens is 1. The molecule has 0 radical (unpaired) electrons. The third-order valence-corrected chi connectivity index (χ3v) is 5.17. The average molecular weight is 276 g/mol. The smallest absolute Gasteiger partial charge is 0.128 e. The lowest BCUT2D eigenvalue weighted by Crippen LogP contribution is -2.50. The van der Waals surface area contributed by atoms with Gasteiger partial charge >= 0.3 is 0 Å². The van der Waals surface area contributed by atoms with Gasteiger partial charge in [-0.3, -0.25) is 4.90 Å². The Morgan fingerprint density at radius 2 is 1.90 bits per heavy atom. The zero-order valence-electron chi connectivity index (χ0n) is 12.1. The number of nitrogens with two attached hydrogens (primary N) is 1. The minimum atomic E-state index is -0.110. The number of fused-ring (bicyclic) bond motifs is 1. The van der Waals surface area contributed by atoms with Crippen LogP contribution in [0.5, 0.6) is 0 Å².